The first-order chi connectivity index (χ1) is 15.8. The molecule has 1 N–H and O–H groups in total. The number of ether oxygens (including phenoxy) is 2. The number of ketones is 1. The number of carbonyl (C=O) groups is 2. The maximum atomic E-state index is 12.8. The quantitative estimate of drug-likeness (QED) is 0.364. The largest absolute Gasteiger partial charge is 0.491 e. The molecule has 1 saturated carbocycles. The molecule has 0 saturated heterocycles. The summed E-state index contributed by atoms with van der Waals surface area (Å²) in [5.74, 6) is -0.772. The van der Waals surface area contributed by atoms with Crippen LogP contribution in [-0.2, 0) is 16.0 Å². The topological polar surface area (TPSA) is 103 Å². The SMILES string of the molecule is Cc1cc(OCCOC2CC(C(=O)O)C2)ccc1CC(=O)c1cc(=O)c2cccc(Cl)c2o1. The summed E-state index contributed by atoms with van der Waals surface area (Å²) in [7, 11) is 0. The number of aliphatic carboxylic acids is 1. The van der Waals surface area contributed by atoms with Gasteiger partial charge in [-0.25, -0.2) is 0 Å². The Labute approximate surface area is 194 Å². The molecule has 172 valence electrons. The monoisotopic (exact) mass is 470 g/mol. The van der Waals surface area contributed by atoms with E-state index >= 15 is 0 Å². The van der Waals surface area contributed by atoms with E-state index in [1.54, 1.807) is 30.3 Å². The number of Topliss-reactive ketones (excluding diaryl/α,β-unsaturated/α-hetero) is 1. The first kappa shape index (κ1) is 23.0. The number of hydrogen-bond donors (Lipinski definition) is 1. The van der Waals surface area contributed by atoms with Crippen LogP contribution < -0.4 is 10.2 Å². The Morgan fingerprint density at radius 1 is 1.15 bits per heavy atom. The number of para-hydroxylation sites is 1. The highest BCUT2D eigenvalue weighted by atomic mass is 35.5. The number of carboxylic acids is 1. The van der Waals surface area contributed by atoms with Crippen molar-refractivity contribution in [2.75, 3.05) is 13.2 Å². The van der Waals surface area contributed by atoms with E-state index in [4.69, 9.17) is 30.6 Å². The minimum atomic E-state index is -0.772. The van der Waals surface area contributed by atoms with Gasteiger partial charge in [-0.15, -0.1) is 0 Å². The third kappa shape index (κ3) is 5.26. The average molecular weight is 471 g/mol. The van der Waals surface area contributed by atoms with Crippen molar-refractivity contribution in [2.45, 2.75) is 32.3 Å². The smallest absolute Gasteiger partial charge is 0.306 e. The van der Waals surface area contributed by atoms with Crippen molar-refractivity contribution in [1.29, 1.82) is 0 Å². The molecule has 1 aliphatic carbocycles. The fraction of sp³-hybridized carbons (Fsp3) is 0.320. The van der Waals surface area contributed by atoms with Gasteiger partial charge in [0.15, 0.2) is 16.8 Å². The van der Waals surface area contributed by atoms with Gasteiger partial charge < -0.3 is 19.0 Å². The van der Waals surface area contributed by atoms with Crippen molar-refractivity contribution in [3.05, 3.63) is 74.6 Å². The van der Waals surface area contributed by atoms with Gasteiger partial charge in [0.1, 0.15) is 12.4 Å². The minimum absolute atomic E-state index is 0.0186. The predicted octanol–water partition coefficient (Wildman–Crippen LogP) is 4.44. The molecular weight excluding hydrogens is 448 g/mol. The summed E-state index contributed by atoms with van der Waals surface area (Å²) in [5, 5.41) is 9.49. The zero-order valence-corrected chi connectivity index (χ0v) is 18.8. The van der Waals surface area contributed by atoms with Gasteiger partial charge in [0.25, 0.3) is 0 Å². The molecule has 0 bridgehead atoms. The van der Waals surface area contributed by atoms with Gasteiger partial charge in [0.05, 0.1) is 29.0 Å². The number of fused-ring (bicyclic) bond motifs is 1. The first-order valence-corrected chi connectivity index (χ1v) is 11.0. The maximum absolute atomic E-state index is 12.8. The van der Waals surface area contributed by atoms with E-state index in [9.17, 15) is 14.4 Å². The molecule has 8 heteroatoms. The number of hydrogen-bond acceptors (Lipinski definition) is 6. The minimum Gasteiger partial charge on any atom is -0.491 e. The second kappa shape index (κ2) is 9.77. The van der Waals surface area contributed by atoms with Crippen LogP contribution in [0.25, 0.3) is 11.0 Å². The Morgan fingerprint density at radius 2 is 1.94 bits per heavy atom. The summed E-state index contributed by atoms with van der Waals surface area (Å²) in [5.41, 5.74) is 1.55. The third-order valence-electron chi connectivity index (χ3n) is 5.80. The highest BCUT2D eigenvalue weighted by Crippen LogP contribution is 2.30. The lowest BCUT2D eigenvalue weighted by molar-refractivity contribution is -0.151. The molecule has 1 heterocycles. The van der Waals surface area contributed by atoms with E-state index in [0.29, 0.717) is 37.2 Å². The van der Waals surface area contributed by atoms with E-state index in [1.165, 1.54) is 6.07 Å². The van der Waals surface area contributed by atoms with E-state index in [-0.39, 0.29) is 46.0 Å². The first-order valence-electron chi connectivity index (χ1n) is 10.6. The number of carboxylic acid groups (broad SMARTS) is 1. The third-order valence-corrected chi connectivity index (χ3v) is 6.09. The molecule has 1 aromatic heterocycles. The molecule has 0 unspecified atom stereocenters. The summed E-state index contributed by atoms with van der Waals surface area (Å²) in [6.45, 7) is 2.59. The van der Waals surface area contributed by atoms with Gasteiger partial charge in [0, 0.05) is 12.5 Å². The van der Waals surface area contributed by atoms with Gasteiger partial charge in [-0.1, -0.05) is 23.7 Å². The van der Waals surface area contributed by atoms with Crippen LogP contribution in [0.5, 0.6) is 5.75 Å². The fourth-order valence-electron chi connectivity index (χ4n) is 3.77. The van der Waals surface area contributed by atoms with E-state index in [2.05, 4.69) is 0 Å². The molecule has 0 spiro atoms. The molecule has 7 nitrogen and oxygen atoms in total. The van der Waals surface area contributed by atoms with E-state index < -0.39 is 5.97 Å². The molecule has 4 rings (SSSR count). The molecule has 1 fully saturated rings. The van der Waals surface area contributed by atoms with Crippen molar-refractivity contribution in [2.24, 2.45) is 5.92 Å². The van der Waals surface area contributed by atoms with Crippen molar-refractivity contribution in [1.82, 2.24) is 0 Å². The summed E-state index contributed by atoms with van der Waals surface area (Å²) in [6.07, 6.45) is 1.14. The normalized spacial score (nSPS) is 17.5. The van der Waals surface area contributed by atoms with Crippen molar-refractivity contribution in [3.8, 4) is 5.75 Å². The summed E-state index contributed by atoms with van der Waals surface area (Å²) in [6, 6.07) is 11.5. The molecule has 0 aliphatic heterocycles. The Morgan fingerprint density at radius 3 is 2.67 bits per heavy atom. The molecule has 0 radical (unpaired) electrons. The lowest BCUT2D eigenvalue weighted by Gasteiger charge is -2.31. The van der Waals surface area contributed by atoms with Gasteiger partial charge in [0.2, 0.25) is 5.78 Å². The molecule has 0 atom stereocenters. The number of rotatable bonds is 9. The van der Waals surface area contributed by atoms with Crippen LogP contribution >= 0.6 is 11.6 Å². The second-order valence-corrected chi connectivity index (χ2v) is 8.53. The van der Waals surface area contributed by atoms with Gasteiger partial charge in [-0.3, -0.25) is 14.4 Å². The summed E-state index contributed by atoms with van der Waals surface area (Å²) in [4.78, 5) is 35.9. The molecule has 2 aromatic carbocycles. The van der Waals surface area contributed by atoms with Gasteiger partial charge in [-0.05, 0) is 55.2 Å². The number of aryl methyl sites for hydroxylation is 1. The van der Waals surface area contributed by atoms with Crippen LogP contribution in [0, 0.1) is 12.8 Å². The lowest BCUT2D eigenvalue weighted by Crippen LogP contribution is -2.36. The Bertz CT molecular complexity index is 1260. The van der Waals surface area contributed by atoms with Crippen LogP contribution in [-0.4, -0.2) is 36.2 Å². The van der Waals surface area contributed by atoms with Crippen molar-refractivity contribution < 1.29 is 28.6 Å². The number of halogens is 1. The van der Waals surface area contributed by atoms with Gasteiger partial charge >= 0.3 is 5.97 Å². The maximum Gasteiger partial charge on any atom is 0.306 e. The Kier molecular flexibility index (Phi) is 6.81. The average Bonchev–Trinajstić information content (AvgIpc) is 2.74. The molecule has 3 aromatic rings. The lowest BCUT2D eigenvalue weighted by atomic mass is 9.82. The summed E-state index contributed by atoms with van der Waals surface area (Å²) >= 11 is 6.12. The van der Waals surface area contributed by atoms with Gasteiger partial charge in [-0.2, -0.15) is 0 Å². The Hall–Kier alpha value is -3.16. The standard InChI is InChI=1S/C25H23ClO7/c1-14-9-17(31-7-8-32-18-10-16(11-18)25(29)30)6-5-15(14)12-22(28)23-13-21(27)19-3-2-4-20(26)24(19)33-23/h2-6,9,13,16,18H,7-8,10-12H2,1H3,(H,29,30). The van der Waals surface area contributed by atoms with Crippen LogP contribution in [0.1, 0.15) is 34.5 Å². The van der Waals surface area contributed by atoms with Crippen molar-refractivity contribution in [3.63, 3.8) is 0 Å². The van der Waals surface area contributed by atoms with E-state index in [1.807, 2.05) is 13.0 Å². The van der Waals surface area contributed by atoms with Crippen LogP contribution in [0.3, 0.4) is 0 Å². The zero-order chi connectivity index (χ0) is 23.5. The van der Waals surface area contributed by atoms with Crippen LogP contribution in [0.2, 0.25) is 5.02 Å². The molecular formula is C25H23ClO7. The summed E-state index contributed by atoms with van der Waals surface area (Å²) < 4.78 is 16.9. The Balaban J connectivity index is 1.33. The van der Waals surface area contributed by atoms with Crippen molar-refractivity contribution >= 4 is 34.3 Å². The number of carbonyl (C=O) groups excluding carboxylic acids is 1. The second-order valence-electron chi connectivity index (χ2n) is 8.13. The molecule has 1 aliphatic rings. The molecule has 0 amide bonds. The van der Waals surface area contributed by atoms with Crippen LogP contribution in [0.15, 0.2) is 51.7 Å². The highest BCUT2D eigenvalue weighted by molar-refractivity contribution is 6.34. The number of benzene rings is 2. The fourth-order valence-corrected chi connectivity index (χ4v) is 3.99. The molecule has 33 heavy (non-hydrogen) atoms. The van der Waals surface area contributed by atoms with E-state index in [0.717, 1.165) is 11.1 Å². The highest BCUT2D eigenvalue weighted by Gasteiger charge is 2.34. The zero-order valence-electron chi connectivity index (χ0n) is 18.0. The van der Waals surface area contributed by atoms with Crippen LogP contribution in [0.4, 0.5) is 0 Å². The predicted molar refractivity (Wildman–Crippen MR) is 122 cm³/mol.